The molecule has 112 valence electrons. The van der Waals surface area contributed by atoms with Gasteiger partial charge in [-0.15, -0.1) is 0 Å². The molecule has 0 radical (unpaired) electrons. The Hall–Kier alpha value is -2.64. The lowest BCUT2D eigenvalue weighted by Crippen LogP contribution is -2.13. The van der Waals surface area contributed by atoms with Crippen molar-refractivity contribution in [2.75, 3.05) is 0 Å². The van der Waals surface area contributed by atoms with Crippen molar-refractivity contribution in [3.63, 3.8) is 0 Å². The molecule has 0 aromatic heterocycles. The first-order valence-corrected chi connectivity index (χ1v) is 8.01. The Balaban J connectivity index is 1.63. The zero-order valence-electron chi connectivity index (χ0n) is 12.9. The van der Waals surface area contributed by atoms with E-state index < -0.39 is 0 Å². The highest BCUT2D eigenvalue weighted by atomic mass is 14.6. The van der Waals surface area contributed by atoms with Gasteiger partial charge in [-0.2, -0.15) is 0 Å². The second-order valence-electron chi connectivity index (χ2n) is 6.10. The molecule has 0 bridgehead atoms. The van der Waals surface area contributed by atoms with Gasteiger partial charge in [-0.25, -0.2) is 0 Å². The third kappa shape index (κ3) is 2.84. The third-order valence-corrected chi connectivity index (χ3v) is 4.47. The van der Waals surface area contributed by atoms with E-state index in [-0.39, 0.29) is 6.04 Å². The standard InChI is InChI=1S/C22H19N/c23-22(21-12-11-18-6-2-4-8-20(18)15-21)14-16-9-10-17-5-1-3-7-19(17)13-16/h1-13,15,22H,14,23H2/t22-/m0/s1. The molecule has 0 heterocycles. The predicted molar refractivity (Wildman–Crippen MR) is 98.5 cm³/mol. The van der Waals surface area contributed by atoms with Crippen molar-refractivity contribution in [3.8, 4) is 0 Å². The summed E-state index contributed by atoms with van der Waals surface area (Å²) in [6.45, 7) is 0. The van der Waals surface area contributed by atoms with Crippen molar-refractivity contribution in [2.45, 2.75) is 12.5 Å². The Morgan fingerprint density at radius 1 is 0.609 bits per heavy atom. The monoisotopic (exact) mass is 297 g/mol. The van der Waals surface area contributed by atoms with Crippen molar-refractivity contribution >= 4 is 21.5 Å². The molecule has 0 spiro atoms. The Labute approximate surface area is 136 Å². The Morgan fingerprint density at radius 3 is 1.87 bits per heavy atom. The van der Waals surface area contributed by atoms with Crippen molar-refractivity contribution < 1.29 is 0 Å². The molecular formula is C22H19N. The summed E-state index contributed by atoms with van der Waals surface area (Å²) in [5.74, 6) is 0. The molecule has 0 saturated heterocycles. The molecule has 4 rings (SSSR count). The van der Waals surface area contributed by atoms with Gasteiger partial charge in [0.15, 0.2) is 0 Å². The van der Waals surface area contributed by atoms with E-state index in [0.29, 0.717) is 0 Å². The summed E-state index contributed by atoms with van der Waals surface area (Å²) in [5.41, 5.74) is 8.94. The van der Waals surface area contributed by atoms with Gasteiger partial charge >= 0.3 is 0 Å². The molecule has 0 aliphatic rings. The lowest BCUT2D eigenvalue weighted by molar-refractivity contribution is 0.724. The van der Waals surface area contributed by atoms with Crippen LogP contribution in [0.1, 0.15) is 17.2 Å². The van der Waals surface area contributed by atoms with E-state index in [0.717, 1.165) is 6.42 Å². The molecule has 1 heteroatoms. The average molecular weight is 297 g/mol. The fourth-order valence-corrected chi connectivity index (χ4v) is 3.18. The molecule has 0 saturated carbocycles. The minimum absolute atomic E-state index is 0.0146. The highest BCUT2D eigenvalue weighted by Gasteiger charge is 2.08. The molecule has 0 aliphatic carbocycles. The molecular weight excluding hydrogens is 278 g/mol. The second kappa shape index (κ2) is 5.86. The summed E-state index contributed by atoms with van der Waals surface area (Å²) >= 11 is 0. The molecule has 1 atom stereocenters. The van der Waals surface area contributed by atoms with Crippen molar-refractivity contribution in [1.82, 2.24) is 0 Å². The van der Waals surface area contributed by atoms with E-state index in [1.165, 1.54) is 32.7 Å². The lowest BCUT2D eigenvalue weighted by atomic mass is 9.96. The van der Waals surface area contributed by atoms with Crippen LogP contribution in [0.2, 0.25) is 0 Å². The van der Waals surface area contributed by atoms with Crippen LogP contribution < -0.4 is 5.73 Å². The van der Waals surface area contributed by atoms with Crippen molar-refractivity contribution in [1.29, 1.82) is 0 Å². The topological polar surface area (TPSA) is 26.0 Å². The van der Waals surface area contributed by atoms with Gasteiger partial charge < -0.3 is 5.73 Å². The number of benzene rings is 4. The Kier molecular flexibility index (Phi) is 3.57. The third-order valence-electron chi connectivity index (χ3n) is 4.47. The Morgan fingerprint density at radius 2 is 1.17 bits per heavy atom. The number of fused-ring (bicyclic) bond motifs is 2. The molecule has 4 aromatic carbocycles. The van der Waals surface area contributed by atoms with E-state index in [2.05, 4.69) is 84.9 Å². The zero-order chi connectivity index (χ0) is 15.6. The first-order valence-electron chi connectivity index (χ1n) is 8.01. The number of nitrogens with two attached hydrogens (primary N) is 1. The molecule has 2 N–H and O–H groups in total. The quantitative estimate of drug-likeness (QED) is 0.550. The molecule has 4 aromatic rings. The summed E-state index contributed by atoms with van der Waals surface area (Å²) < 4.78 is 0. The molecule has 23 heavy (non-hydrogen) atoms. The number of hydrogen-bond acceptors (Lipinski definition) is 1. The van der Waals surface area contributed by atoms with Crippen LogP contribution in [0.4, 0.5) is 0 Å². The highest BCUT2D eigenvalue weighted by Crippen LogP contribution is 2.23. The maximum atomic E-state index is 6.46. The average Bonchev–Trinajstić information content (AvgIpc) is 2.61. The second-order valence-corrected chi connectivity index (χ2v) is 6.10. The maximum Gasteiger partial charge on any atom is 0.0335 e. The fourth-order valence-electron chi connectivity index (χ4n) is 3.18. The highest BCUT2D eigenvalue weighted by molar-refractivity contribution is 5.84. The minimum Gasteiger partial charge on any atom is -0.324 e. The van der Waals surface area contributed by atoms with Gasteiger partial charge in [0.05, 0.1) is 0 Å². The molecule has 0 aliphatic heterocycles. The van der Waals surface area contributed by atoms with Crippen LogP contribution in [0.25, 0.3) is 21.5 Å². The van der Waals surface area contributed by atoms with Crippen LogP contribution in [0, 0.1) is 0 Å². The summed E-state index contributed by atoms with van der Waals surface area (Å²) in [6, 6.07) is 30.0. The van der Waals surface area contributed by atoms with E-state index >= 15 is 0 Å². The molecule has 0 fully saturated rings. The first-order chi connectivity index (χ1) is 11.3. The maximum absolute atomic E-state index is 6.46. The summed E-state index contributed by atoms with van der Waals surface area (Å²) in [6.07, 6.45) is 0.850. The largest absolute Gasteiger partial charge is 0.324 e. The van der Waals surface area contributed by atoms with E-state index in [1.54, 1.807) is 0 Å². The lowest BCUT2D eigenvalue weighted by Gasteiger charge is -2.14. The van der Waals surface area contributed by atoms with Crippen LogP contribution in [0.3, 0.4) is 0 Å². The van der Waals surface area contributed by atoms with Crippen LogP contribution in [-0.2, 0) is 6.42 Å². The van der Waals surface area contributed by atoms with Gasteiger partial charge in [0.25, 0.3) is 0 Å². The number of rotatable bonds is 3. The van der Waals surface area contributed by atoms with Gasteiger partial charge in [0.2, 0.25) is 0 Å². The van der Waals surface area contributed by atoms with Crippen LogP contribution in [0.5, 0.6) is 0 Å². The fraction of sp³-hybridized carbons (Fsp3) is 0.0909. The van der Waals surface area contributed by atoms with Gasteiger partial charge in [-0.1, -0.05) is 78.9 Å². The summed E-state index contributed by atoms with van der Waals surface area (Å²) in [4.78, 5) is 0. The van der Waals surface area contributed by atoms with Gasteiger partial charge in [-0.3, -0.25) is 0 Å². The van der Waals surface area contributed by atoms with Crippen LogP contribution in [0.15, 0.2) is 84.9 Å². The number of hydrogen-bond donors (Lipinski definition) is 1. The zero-order valence-corrected chi connectivity index (χ0v) is 12.9. The van der Waals surface area contributed by atoms with Crippen LogP contribution >= 0.6 is 0 Å². The summed E-state index contributed by atoms with van der Waals surface area (Å²) in [5, 5.41) is 5.05. The van der Waals surface area contributed by atoms with Gasteiger partial charge in [0, 0.05) is 6.04 Å². The van der Waals surface area contributed by atoms with E-state index in [9.17, 15) is 0 Å². The first kappa shape index (κ1) is 14.0. The molecule has 1 nitrogen and oxygen atoms in total. The van der Waals surface area contributed by atoms with Gasteiger partial charge in [0.1, 0.15) is 0 Å². The van der Waals surface area contributed by atoms with Crippen molar-refractivity contribution in [2.24, 2.45) is 5.73 Å². The van der Waals surface area contributed by atoms with Crippen molar-refractivity contribution in [3.05, 3.63) is 96.1 Å². The molecule has 0 amide bonds. The Bertz CT molecular complexity index is 971. The van der Waals surface area contributed by atoms with E-state index in [1.807, 2.05) is 0 Å². The smallest absolute Gasteiger partial charge is 0.0335 e. The van der Waals surface area contributed by atoms with Gasteiger partial charge in [-0.05, 0) is 45.2 Å². The predicted octanol–water partition coefficient (Wildman–Crippen LogP) is 5.24. The summed E-state index contributed by atoms with van der Waals surface area (Å²) in [7, 11) is 0. The normalized spacial score (nSPS) is 12.6. The molecule has 0 unspecified atom stereocenters. The van der Waals surface area contributed by atoms with E-state index in [4.69, 9.17) is 5.73 Å². The van der Waals surface area contributed by atoms with Crippen LogP contribution in [-0.4, -0.2) is 0 Å². The minimum atomic E-state index is 0.0146. The SMILES string of the molecule is N[C@@H](Cc1ccc2ccccc2c1)c1ccc2ccccc2c1.